The zero-order chi connectivity index (χ0) is 21.4. The molecule has 1 unspecified atom stereocenters. The Morgan fingerprint density at radius 3 is 2.80 bits per heavy atom. The fraction of sp³-hybridized carbons (Fsp3) is 0.227. The molecule has 0 saturated carbocycles. The number of ether oxygens (including phenoxy) is 1. The second-order valence-corrected chi connectivity index (χ2v) is 7.49. The third-order valence-electron chi connectivity index (χ3n) is 5.07. The van der Waals surface area contributed by atoms with Gasteiger partial charge in [0, 0.05) is 11.7 Å². The molecule has 3 aromatic rings. The van der Waals surface area contributed by atoms with Gasteiger partial charge in [-0.3, -0.25) is 4.79 Å². The highest BCUT2D eigenvalue weighted by atomic mass is 35.5. The van der Waals surface area contributed by atoms with Gasteiger partial charge in [0.1, 0.15) is 22.8 Å². The van der Waals surface area contributed by atoms with E-state index in [1.807, 2.05) is 31.2 Å². The topological polar surface area (TPSA) is 72.6 Å². The van der Waals surface area contributed by atoms with E-state index in [1.165, 1.54) is 25.1 Å². The van der Waals surface area contributed by atoms with Crippen LogP contribution < -0.4 is 4.90 Å². The third kappa shape index (κ3) is 3.45. The van der Waals surface area contributed by atoms with E-state index in [2.05, 4.69) is 5.16 Å². The molecule has 2 heterocycles. The highest BCUT2D eigenvalue weighted by Gasteiger charge is 2.32. The third-order valence-corrected chi connectivity index (χ3v) is 5.38. The van der Waals surface area contributed by atoms with Gasteiger partial charge in [0.15, 0.2) is 6.61 Å². The van der Waals surface area contributed by atoms with Gasteiger partial charge in [-0.25, -0.2) is 9.18 Å². The van der Waals surface area contributed by atoms with E-state index in [1.54, 1.807) is 4.90 Å². The number of anilines is 1. The number of esters is 1. The molecular weight excluding hydrogens is 411 g/mol. The van der Waals surface area contributed by atoms with Crippen LogP contribution in [0.5, 0.6) is 0 Å². The molecule has 6 nitrogen and oxygen atoms in total. The molecule has 2 aromatic carbocycles. The standard InChI is InChI=1S/C22H18ClFN2O4/c1-12-10-14-6-3-4-9-17(14)26(12)18(27)11-29-22(28)19-13(2)30-25-21(19)20-15(23)7-5-8-16(20)24/h3-9,12H,10-11H2,1-2H3. The molecule has 4 rings (SSSR count). The number of carbonyl (C=O) groups is 2. The van der Waals surface area contributed by atoms with Gasteiger partial charge < -0.3 is 14.2 Å². The van der Waals surface area contributed by atoms with E-state index in [4.69, 9.17) is 20.9 Å². The van der Waals surface area contributed by atoms with E-state index in [9.17, 15) is 14.0 Å². The zero-order valence-corrected chi connectivity index (χ0v) is 17.1. The van der Waals surface area contributed by atoms with Crippen molar-refractivity contribution in [3.8, 4) is 11.3 Å². The number of benzene rings is 2. The lowest BCUT2D eigenvalue weighted by molar-refractivity contribution is -0.122. The lowest BCUT2D eigenvalue weighted by Gasteiger charge is -2.22. The largest absolute Gasteiger partial charge is 0.452 e. The maximum atomic E-state index is 14.3. The minimum absolute atomic E-state index is 0.0429. The molecule has 0 N–H and O–H groups in total. The molecule has 1 aliphatic heterocycles. The summed E-state index contributed by atoms with van der Waals surface area (Å²) in [5, 5.41) is 3.86. The van der Waals surface area contributed by atoms with Gasteiger partial charge in [-0.2, -0.15) is 0 Å². The number of halogens is 2. The van der Waals surface area contributed by atoms with Crippen LogP contribution in [0.1, 0.15) is 28.6 Å². The molecule has 0 spiro atoms. The summed E-state index contributed by atoms with van der Waals surface area (Å²) in [6.45, 7) is 2.97. The van der Waals surface area contributed by atoms with Crippen molar-refractivity contribution >= 4 is 29.2 Å². The van der Waals surface area contributed by atoms with Crippen LogP contribution in [0.4, 0.5) is 10.1 Å². The van der Waals surface area contributed by atoms with Crippen LogP contribution in [0.2, 0.25) is 5.02 Å². The van der Waals surface area contributed by atoms with Crippen molar-refractivity contribution in [3.05, 3.63) is 70.2 Å². The van der Waals surface area contributed by atoms with Crippen molar-refractivity contribution in [2.75, 3.05) is 11.5 Å². The fourth-order valence-corrected chi connectivity index (χ4v) is 3.97. The Kier molecular flexibility index (Phi) is 5.30. The highest BCUT2D eigenvalue weighted by Crippen LogP contribution is 2.34. The minimum Gasteiger partial charge on any atom is -0.452 e. The number of aryl methyl sites for hydroxylation is 1. The Balaban J connectivity index is 1.55. The molecule has 0 aliphatic carbocycles. The first-order valence-electron chi connectivity index (χ1n) is 9.36. The SMILES string of the molecule is Cc1onc(-c2c(F)cccc2Cl)c1C(=O)OCC(=O)N1c2ccccc2CC1C. The molecule has 0 radical (unpaired) electrons. The molecule has 0 saturated heterocycles. The van der Waals surface area contributed by atoms with E-state index in [-0.39, 0.29) is 39.6 Å². The van der Waals surface area contributed by atoms with Crippen molar-refractivity contribution in [3.63, 3.8) is 0 Å². The molecular formula is C22H18ClFN2O4. The van der Waals surface area contributed by atoms with Gasteiger partial charge in [0.05, 0.1) is 10.6 Å². The predicted octanol–water partition coefficient (Wildman–Crippen LogP) is 4.58. The molecule has 1 amide bonds. The van der Waals surface area contributed by atoms with E-state index < -0.39 is 18.4 Å². The normalized spacial score (nSPS) is 15.2. The lowest BCUT2D eigenvalue weighted by Crippen LogP contribution is -2.38. The molecule has 154 valence electrons. The Bertz CT molecular complexity index is 1120. The van der Waals surface area contributed by atoms with E-state index in [0.717, 1.165) is 17.7 Å². The summed E-state index contributed by atoms with van der Waals surface area (Å²) in [7, 11) is 0. The minimum atomic E-state index is -0.837. The fourth-order valence-electron chi connectivity index (χ4n) is 3.72. The van der Waals surface area contributed by atoms with Crippen LogP contribution in [-0.2, 0) is 16.0 Å². The van der Waals surface area contributed by atoms with Gasteiger partial charge in [-0.1, -0.05) is 41.0 Å². The summed E-state index contributed by atoms with van der Waals surface area (Å²) >= 11 is 6.09. The van der Waals surface area contributed by atoms with Crippen LogP contribution in [-0.4, -0.2) is 29.7 Å². The molecule has 30 heavy (non-hydrogen) atoms. The maximum absolute atomic E-state index is 14.3. The number of fused-ring (bicyclic) bond motifs is 1. The number of aromatic nitrogens is 1. The second kappa shape index (κ2) is 7.91. The van der Waals surface area contributed by atoms with E-state index >= 15 is 0 Å². The summed E-state index contributed by atoms with van der Waals surface area (Å²) < 4.78 is 24.6. The van der Waals surface area contributed by atoms with Crippen LogP contribution in [0, 0.1) is 12.7 Å². The summed E-state index contributed by atoms with van der Waals surface area (Å²) in [4.78, 5) is 27.1. The summed E-state index contributed by atoms with van der Waals surface area (Å²) in [5.74, 6) is -1.69. The second-order valence-electron chi connectivity index (χ2n) is 7.08. The monoisotopic (exact) mass is 428 g/mol. The smallest absolute Gasteiger partial charge is 0.344 e. The van der Waals surface area contributed by atoms with Crippen molar-refractivity contribution in [2.24, 2.45) is 0 Å². The number of nitrogens with zero attached hydrogens (tertiary/aromatic N) is 2. The Labute approximate surface area is 177 Å². The molecule has 0 bridgehead atoms. The van der Waals surface area contributed by atoms with Gasteiger partial charge >= 0.3 is 5.97 Å². The maximum Gasteiger partial charge on any atom is 0.344 e. The predicted molar refractivity (Wildman–Crippen MR) is 109 cm³/mol. The van der Waals surface area contributed by atoms with Crippen LogP contribution in [0.25, 0.3) is 11.3 Å². The number of amides is 1. The van der Waals surface area contributed by atoms with Gasteiger partial charge in [0.25, 0.3) is 5.91 Å². The van der Waals surface area contributed by atoms with E-state index in [0.29, 0.717) is 0 Å². The quantitative estimate of drug-likeness (QED) is 0.569. The summed E-state index contributed by atoms with van der Waals surface area (Å²) in [6.07, 6.45) is 0.733. The average Bonchev–Trinajstić information content (AvgIpc) is 3.25. The Morgan fingerprint density at radius 2 is 2.03 bits per heavy atom. The first kappa shape index (κ1) is 20.1. The van der Waals surface area contributed by atoms with Gasteiger partial charge in [-0.15, -0.1) is 0 Å². The number of rotatable bonds is 4. The Hall–Kier alpha value is -3.19. The lowest BCUT2D eigenvalue weighted by atomic mass is 10.1. The van der Waals surface area contributed by atoms with Crippen LogP contribution >= 0.6 is 11.6 Å². The number of carbonyl (C=O) groups excluding carboxylic acids is 2. The van der Waals surface area contributed by atoms with Crippen molar-refractivity contribution in [1.82, 2.24) is 5.16 Å². The molecule has 1 aliphatic rings. The van der Waals surface area contributed by atoms with Crippen molar-refractivity contribution in [2.45, 2.75) is 26.3 Å². The van der Waals surface area contributed by atoms with Gasteiger partial charge in [-0.05, 0) is 44.0 Å². The highest BCUT2D eigenvalue weighted by molar-refractivity contribution is 6.33. The average molecular weight is 429 g/mol. The molecule has 1 atom stereocenters. The first-order valence-corrected chi connectivity index (χ1v) is 9.74. The summed E-state index contributed by atoms with van der Waals surface area (Å²) in [6, 6.07) is 11.7. The van der Waals surface area contributed by atoms with Crippen molar-refractivity contribution in [1.29, 1.82) is 0 Å². The number of hydrogen-bond acceptors (Lipinski definition) is 5. The molecule has 1 aromatic heterocycles. The number of hydrogen-bond donors (Lipinski definition) is 0. The summed E-state index contributed by atoms with van der Waals surface area (Å²) in [5.41, 5.74) is 1.69. The van der Waals surface area contributed by atoms with Crippen LogP contribution in [0.15, 0.2) is 47.0 Å². The number of para-hydroxylation sites is 1. The Morgan fingerprint density at radius 1 is 1.27 bits per heavy atom. The zero-order valence-electron chi connectivity index (χ0n) is 16.3. The van der Waals surface area contributed by atoms with Gasteiger partial charge in [0.2, 0.25) is 0 Å². The molecule has 8 heteroatoms. The first-order chi connectivity index (χ1) is 14.4. The van der Waals surface area contributed by atoms with Crippen molar-refractivity contribution < 1.29 is 23.2 Å². The molecule has 0 fully saturated rings. The van der Waals surface area contributed by atoms with Crippen LogP contribution in [0.3, 0.4) is 0 Å².